The number of allylic oxidation sites excluding steroid dienone is 2. The van der Waals surface area contributed by atoms with E-state index >= 15 is 0 Å². The van der Waals surface area contributed by atoms with Crippen LogP contribution in [0.3, 0.4) is 0 Å². The van der Waals surface area contributed by atoms with E-state index in [9.17, 15) is 14.7 Å². The van der Waals surface area contributed by atoms with Gasteiger partial charge in [-0.25, -0.2) is 0 Å². The van der Waals surface area contributed by atoms with Crippen molar-refractivity contribution in [2.45, 2.75) is 264 Å². The highest BCUT2D eigenvalue weighted by Crippen LogP contribution is 2.16. The van der Waals surface area contributed by atoms with Crippen LogP contribution in [-0.2, 0) is 19.1 Å². The zero-order valence-corrected chi connectivity index (χ0v) is 35.1. The largest absolute Gasteiger partial charge is 0.462 e. The molecule has 0 heterocycles. The van der Waals surface area contributed by atoms with E-state index in [1.165, 1.54) is 199 Å². The fourth-order valence-corrected chi connectivity index (χ4v) is 7.02. The lowest BCUT2D eigenvalue weighted by molar-refractivity contribution is -0.161. The van der Waals surface area contributed by atoms with Gasteiger partial charge in [-0.1, -0.05) is 219 Å². The third-order valence-electron chi connectivity index (χ3n) is 10.6. The fourth-order valence-electron chi connectivity index (χ4n) is 7.02. The Morgan fingerprint density at radius 1 is 0.423 bits per heavy atom. The third-order valence-corrected chi connectivity index (χ3v) is 10.6. The molecular formula is C47H90O5. The second-order valence-electron chi connectivity index (χ2n) is 15.8. The maximum absolute atomic E-state index is 12.2. The molecule has 5 heteroatoms. The van der Waals surface area contributed by atoms with Gasteiger partial charge in [0.1, 0.15) is 6.61 Å². The molecule has 0 aromatic carbocycles. The molecule has 5 nitrogen and oxygen atoms in total. The van der Waals surface area contributed by atoms with Gasteiger partial charge in [0, 0.05) is 12.8 Å². The van der Waals surface area contributed by atoms with Gasteiger partial charge in [0.2, 0.25) is 0 Å². The molecular weight excluding hydrogens is 645 g/mol. The van der Waals surface area contributed by atoms with Crippen LogP contribution < -0.4 is 0 Å². The van der Waals surface area contributed by atoms with Crippen molar-refractivity contribution >= 4 is 11.9 Å². The van der Waals surface area contributed by atoms with Crippen molar-refractivity contribution in [1.82, 2.24) is 0 Å². The van der Waals surface area contributed by atoms with Crippen LogP contribution in [0.2, 0.25) is 0 Å². The Hall–Kier alpha value is -1.36. The Labute approximate surface area is 324 Å². The molecule has 0 radical (unpaired) electrons. The molecule has 52 heavy (non-hydrogen) atoms. The number of carbonyl (C=O) groups is 2. The number of hydrogen-bond acceptors (Lipinski definition) is 5. The predicted molar refractivity (Wildman–Crippen MR) is 224 cm³/mol. The molecule has 308 valence electrons. The van der Waals surface area contributed by atoms with E-state index in [4.69, 9.17) is 9.47 Å². The molecule has 1 atom stereocenters. The van der Waals surface area contributed by atoms with Crippen LogP contribution >= 0.6 is 0 Å². The van der Waals surface area contributed by atoms with Crippen LogP contribution in [0.1, 0.15) is 258 Å². The molecule has 0 aromatic heterocycles. The highest BCUT2D eigenvalue weighted by molar-refractivity contribution is 5.70. The average molecular weight is 735 g/mol. The van der Waals surface area contributed by atoms with Gasteiger partial charge in [0.15, 0.2) is 6.10 Å². The molecule has 0 saturated carbocycles. The minimum absolute atomic E-state index is 0.0609. The normalized spacial score (nSPS) is 12.1. The summed E-state index contributed by atoms with van der Waals surface area (Å²) in [6.45, 7) is 4.17. The molecule has 1 unspecified atom stereocenters. The van der Waals surface area contributed by atoms with Crippen molar-refractivity contribution in [2.75, 3.05) is 13.2 Å². The highest BCUT2D eigenvalue weighted by atomic mass is 16.6. The number of aliphatic hydroxyl groups excluding tert-OH is 1. The van der Waals surface area contributed by atoms with E-state index in [2.05, 4.69) is 26.0 Å². The van der Waals surface area contributed by atoms with Crippen molar-refractivity contribution in [3.05, 3.63) is 12.2 Å². The predicted octanol–water partition coefficient (Wildman–Crippen LogP) is 14.9. The van der Waals surface area contributed by atoms with Crippen LogP contribution in [0.15, 0.2) is 12.2 Å². The van der Waals surface area contributed by atoms with Crippen molar-refractivity contribution in [1.29, 1.82) is 0 Å². The van der Waals surface area contributed by atoms with Crippen LogP contribution in [0.25, 0.3) is 0 Å². The second-order valence-corrected chi connectivity index (χ2v) is 15.8. The summed E-state index contributed by atoms with van der Waals surface area (Å²) in [7, 11) is 0. The Morgan fingerprint density at radius 2 is 0.712 bits per heavy atom. The van der Waals surface area contributed by atoms with Crippen LogP contribution in [0.4, 0.5) is 0 Å². The van der Waals surface area contributed by atoms with Gasteiger partial charge in [-0.05, 0) is 38.5 Å². The summed E-state index contributed by atoms with van der Waals surface area (Å²) >= 11 is 0. The van der Waals surface area contributed by atoms with E-state index < -0.39 is 6.10 Å². The first-order valence-electron chi connectivity index (χ1n) is 23.2. The Balaban J connectivity index is 3.46. The second kappa shape index (κ2) is 44.0. The SMILES string of the molecule is CCCCCCCCC=CCCCCCCCCCC(=O)OC(CO)COC(=O)CCCCCCCCCCCCCCCCCCCCCCC. The van der Waals surface area contributed by atoms with Gasteiger partial charge in [-0.3, -0.25) is 9.59 Å². The number of carbonyl (C=O) groups excluding carboxylic acids is 2. The Kier molecular flexibility index (Phi) is 42.9. The van der Waals surface area contributed by atoms with Crippen LogP contribution in [0.5, 0.6) is 0 Å². The first-order chi connectivity index (χ1) is 25.6. The number of ether oxygens (including phenoxy) is 2. The van der Waals surface area contributed by atoms with Gasteiger partial charge in [-0.2, -0.15) is 0 Å². The van der Waals surface area contributed by atoms with Gasteiger partial charge in [0.25, 0.3) is 0 Å². The molecule has 0 aliphatic carbocycles. The average Bonchev–Trinajstić information content (AvgIpc) is 3.15. The molecule has 1 N–H and O–H groups in total. The minimum Gasteiger partial charge on any atom is -0.462 e. The summed E-state index contributed by atoms with van der Waals surface area (Å²) in [6.07, 6.45) is 51.5. The minimum atomic E-state index is -0.768. The quantitative estimate of drug-likeness (QED) is 0.0383. The van der Waals surface area contributed by atoms with Gasteiger partial charge >= 0.3 is 11.9 Å². The maximum atomic E-state index is 12.2. The van der Waals surface area contributed by atoms with E-state index in [0.717, 1.165) is 32.1 Å². The van der Waals surface area contributed by atoms with E-state index in [1.54, 1.807) is 0 Å². The van der Waals surface area contributed by atoms with Crippen LogP contribution in [0, 0.1) is 0 Å². The van der Waals surface area contributed by atoms with Crippen molar-refractivity contribution < 1.29 is 24.2 Å². The van der Waals surface area contributed by atoms with Crippen molar-refractivity contribution in [2.24, 2.45) is 0 Å². The topological polar surface area (TPSA) is 72.8 Å². The molecule has 0 spiro atoms. The van der Waals surface area contributed by atoms with E-state index in [-0.39, 0.29) is 25.2 Å². The first kappa shape index (κ1) is 50.6. The number of esters is 2. The zero-order valence-electron chi connectivity index (χ0n) is 35.1. The first-order valence-corrected chi connectivity index (χ1v) is 23.2. The molecule has 0 aliphatic rings. The molecule has 0 fully saturated rings. The monoisotopic (exact) mass is 735 g/mol. The summed E-state index contributed by atoms with van der Waals surface area (Å²) in [6, 6.07) is 0. The Morgan fingerprint density at radius 3 is 1.04 bits per heavy atom. The van der Waals surface area contributed by atoms with Crippen molar-refractivity contribution in [3.8, 4) is 0 Å². The third kappa shape index (κ3) is 41.4. The lowest BCUT2D eigenvalue weighted by Gasteiger charge is -2.15. The standard InChI is InChI=1S/C47H90O5/c1-3-5-7-9-11-13-15-17-19-21-22-23-24-26-27-29-31-33-35-37-39-41-46(49)51-44-45(43-48)52-47(50)42-40-38-36-34-32-30-28-25-20-18-16-14-12-10-8-6-4-2/h18,20,45,48H,3-17,19,21-44H2,1-2H3. The summed E-state index contributed by atoms with van der Waals surface area (Å²) in [5, 5.41) is 9.59. The van der Waals surface area contributed by atoms with Crippen LogP contribution in [-0.4, -0.2) is 36.4 Å². The molecule has 0 bridgehead atoms. The lowest BCUT2D eigenvalue weighted by atomic mass is 10.0. The summed E-state index contributed by atoms with van der Waals surface area (Å²) in [5.41, 5.74) is 0. The summed E-state index contributed by atoms with van der Waals surface area (Å²) in [4.78, 5) is 24.4. The number of unbranched alkanes of at least 4 members (excludes halogenated alkanes) is 33. The van der Waals surface area contributed by atoms with Gasteiger partial charge < -0.3 is 14.6 Å². The van der Waals surface area contributed by atoms with Gasteiger partial charge in [-0.15, -0.1) is 0 Å². The maximum Gasteiger partial charge on any atom is 0.306 e. The number of rotatable bonds is 43. The van der Waals surface area contributed by atoms with Gasteiger partial charge in [0.05, 0.1) is 6.61 Å². The highest BCUT2D eigenvalue weighted by Gasteiger charge is 2.16. The zero-order chi connectivity index (χ0) is 37.8. The number of aliphatic hydroxyl groups is 1. The Bertz CT molecular complexity index is 750. The molecule has 0 amide bonds. The summed E-state index contributed by atoms with van der Waals surface area (Å²) < 4.78 is 10.7. The molecule has 0 aliphatic heterocycles. The summed E-state index contributed by atoms with van der Waals surface area (Å²) in [5.74, 6) is -0.580. The molecule has 0 rings (SSSR count). The lowest BCUT2D eigenvalue weighted by Crippen LogP contribution is -2.28. The molecule has 0 aromatic rings. The van der Waals surface area contributed by atoms with Crippen molar-refractivity contribution in [3.63, 3.8) is 0 Å². The van der Waals surface area contributed by atoms with E-state index in [0.29, 0.717) is 12.8 Å². The fraction of sp³-hybridized carbons (Fsp3) is 0.915. The number of hydrogen-bond donors (Lipinski definition) is 1. The smallest absolute Gasteiger partial charge is 0.306 e. The van der Waals surface area contributed by atoms with E-state index in [1.807, 2.05) is 0 Å². The molecule has 0 saturated heterocycles.